The van der Waals surface area contributed by atoms with Gasteiger partial charge in [-0.1, -0.05) is 0 Å². The molecule has 0 unspecified atom stereocenters. The maximum Gasteiger partial charge on any atom is 0.256 e. The van der Waals surface area contributed by atoms with Crippen LogP contribution in [0, 0.1) is 0 Å². The molecule has 0 atom stereocenters. The van der Waals surface area contributed by atoms with Gasteiger partial charge in [-0.3, -0.25) is 4.79 Å². The Morgan fingerprint density at radius 2 is 2.05 bits per heavy atom. The maximum absolute atomic E-state index is 12.1. The third kappa shape index (κ3) is 3.33. The first-order valence-corrected chi connectivity index (χ1v) is 6.96. The second kappa shape index (κ2) is 6.16. The Hall–Kier alpha value is -1.40. The van der Waals surface area contributed by atoms with E-state index in [4.69, 9.17) is 4.74 Å². The van der Waals surface area contributed by atoms with Gasteiger partial charge in [0, 0.05) is 11.8 Å². The average Bonchev–Trinajstić information content (AvgIpc) is 2.41. The number of anilines is 1. The minimum absolute atomic E-state index is 0.234. The lowest BCUT2D eigenvalue weighted by molar-refractivity contribution is 0.102. The predicted molar refractivity (Wildman–Crippen MR) is 80.6 cm³/mol. The van der Waals surface area contributed by atoms with Crippen LogP contribution in [0.4, 0.5) is 5.82 Å². The van der Waals surface area contributed by atoms with Crippen molar-refractivity contribution >= 4 is 43.6 Å². The van der Waals surface area contributed by atoms with Gasteiger partial charge in [0.15, 0.2) is 0 Å². The van der Waals surface area contributed by atoms with Crippen LogP contribution in [0.2, 0.25) is 0 Å². The van der Waals surface area contributed by atoms with E-state index in [1.165, 1.54) is 0 Å². The Balaban J connectivity index is 2.21. The fourth-order valence-electron chi connectivity index (χ4n) is 1.46. The molecule has 0 bridgehead atoms. The molecule has 0 saturated carbocycles. The number of rotatable bonds is 3. The molecule has 98 valence electrons. The highest BCUT2D eigenvalue weighted by Gasteiger charge is 2.11. The van der Waals surface area contributed by atoms with Crippen LogP contribution < -0.4 is 10.1 Å². The van der Waals surface area contributed by atoms with Crippen LogP contribution in [-0.2, 0) is 0 Å². The summed E-state index contributed by atoms with van der Waals surface area (Å²) in [6.45, 7) is 0. The number of hydrogen-bond donors (Lipinski definition) is 1. The summed E-state index contributed by atoms with van der Waals surface area (Å²) in [6, 6.07) is 8.71. The van der Waals surface area contributed by atoms with Crippen molar-refractivity contribution in [3.8, 4) is 5.75 Å². The summed E-state index contributed by atoms with van der Waals surface area (Å²) < 4.78 is 6.58. The van der Waals surface area contributed by atoms with Crippen LogP contribution in [0.5, 0.6) is 5.75 Å². The van der Waals surface area contributed by atoms with E-state index in [2.05, 4.69) is 42.2 Å². The summed E-state index contributed by atoms with van der Waals surface area (Å²) in [5, 5.41) is 2.73. The third-order valence-electron chi connectivity index (χ3n) is 2.40. The molecule has 1 aromatic heterocycles. The number of pyridine rings is 1. The number of carbonyl (C=O) groups is 1. The number of nitrogens with one attached hydrogen (secondary N) is 1. The molecule has 0 spiro atoms. The van der Waals surface area contributed by atoms with Gasteiger partial charge in [0.25, 0.3) is 5.91 Å². The van der Waals surface area contributed by atoms with Crippen LogP contribution in [0.25, 0.3) is 0 Å². The van der Waals surface area contributed by atoms with Gasteiger partial charge in [-0.05, 0) is 62.2 Å². The first-order valence-electron chi connectivity index (χ1n) is 5.37. The summed E-state index contributed by atoms with van der Waals surface area (Å²) in [5.74, 6) is 0.928. The van der Waals surface area contributed by atoms with E-state index in [0.717, 1.165) is 8.95 Å². The lowest BCUT2D eigenvalue weighted by Gasteiger charge is -2.08. The largest absolute Gasteiger partial charge is 0.496 e. The van der Waals surface area contributed by atoms with Gasteiger partial charge in [-0.2, -0.15) is 0 Å². The van der Waals surface area contributed by atoms with Crippen LogP contribution in [0.1, 0.15) is 10.4 Å². The van der Waals surface area contributed by atoms with E-state index >= 15 is 0 Å². The second-order valence-electron chi connectivity index (χ2n) is 3.64. The molecule has 0 aliphatic rings. The van der Waals surface area contributed by atoms with Gasteiger partial charge in [-0.25, -0.2) is 4.98 Å². The first-order chi connectivity index (χ1) is 9.11. The first kappa shape index (κ1) is 14.0. The molecular weight excluding hydrogens is 376 g/mol. The molecule has 2 aromatic rings. The van der Waals surface area contributed by atoms with Gasteiger partial charge >= 0.3 is 0 Å². The predicted octanol–water partition coefficient (Wildman–Crippen LogP) is 3.87. The fraction of sp³-hybridized carbons (Fsp3) is 0.0769. The van der Waals surface area contributed by atoms with E-state index in [1.807, 2.05) is 6.07 Å². The number of ether oxygens (including phenoxy) is 1. The molecule has 4 nitrogen and oxygen atoms in total. The minimum atomic E-state index is -0.234. The van der Waals surface area contributed by atoms with Crippen LogP contribution in [-0.4, -0.2) is 18.0 Å². The molecule has 0 aliphatic heterocycles. The Morgan fingerprint density at radius 1 is 1.26 bits per heavy atom. The number of halogens is 2. The second-order valence-corrected chi connectivity index (χ2v) is 5.35. The molecule has 1 aromatic carbocycles. The maximum atomic E-state index is 12.1. The number of methoxy groups -OCH3 is 1. The quantitative estimate of drug-likeness (QED) is 0.872. The number of carbonyl (C=O) groups excluding carboxylic acids is 1. The molecule has 19 heavy (non-hydrogen) atoms. The van der Waals surface area contributed by atoms with E-state index in [-0.39, 0.29) is 5.91 Å². The Kier molecular flexibility index (Phi) is 4.55. The highest BCUT2D eigenvalue weighted by atomic mass is 79.9. The molecule has 6 heteroatoms. The lowest BCUT2D eigenvalue weighted by Crippen LogP contribution is -2.13. The van der Waals surface area contributed by atoms with Crippen molar-refractivity contribution in [2.24, 2.45) is 0 Å². The van der Waals surface area contributed by atoms with Crippen molar-refractivity contribution in [3.63, 3.8) is 0 Å². The molecule has 1 N–H and O–H groups in total. The van der Waals surface area contributed by atoms with E-state index < -0.39 is 0 Å². The third-order valence-corrected chi connectivity index (χ3v) is 3.66. The standard InChI is InChI=1S/C13H10Br2N2O2/c1-19-11-5-4-8(7-10(11)15)13(18)17-12-9(14)3-2-6-16-12/h2-7H,1H3,(H,16,17,18). The molecule has 0 saturated heterocycles. The number of hydrogen-bond acceptors (Lipinski definition) is 3. The van der Waals surface area contributed by atoms with E-state index in [1.54, 1.807) is 37.6 Å². The van der Waals surface area contributed by atoms with Crippen LogP contribution >= 0.6 is 31.9 Å². The van der Waals surface area contributed by atoms with Crippen molar-refractivity contribution in [3.05, 3.63) is 51.0 Å². The molecule has 0 aliphatic carbocycles. The number of nitrogens with zero attached hydrogens (tertiary/aromatic N) is 1. The van der Waals surface area contributed by atoms with Crippen LogP contribution in [0.3, 0.4) is 0 Å². The Morgan fingerprint density at radius 3 is 2.68 bits per heavy atom. The van der Waals surface area contributed by atoms with Gasteiger partial charge < -0.3 is 10.1 Å². The zero-order valence-corrected chi connectivity index (χ0v) is 13.2. The number of aromatic nitrogens is 1. The van der Waals surface area contributed by atoms with Crippen molar-refractivity contribution in [1.82, 2.24) is 4.98 Å². The highest BCUT2D eigenvalue weighted by Crippen LogP contribution is 2.26. The zero-order valence-electron chi connectivity index (χ0n) is 9.98. The van der Waals surface area contributed by atoms with Crippen molar-refractivity contribution in [2.75, 3.05) is 12.4 Å². The number of amides is 1. The van der Waals surface area contributed by atoms with E-state index in [9.17, 15) is 4.79 Å². The smallest absolute Gasteiger partial charge is 0.256 e. The Labute approximate surface area is 127 Å². The van der Waals surface area contributed by atoms with E-state index in [0.29, 0.717) is 17.1 Å². The Bertz CT molecular complexity index is 617. The summed E-state index contributed by atoms with van der Waals surface area (Å²) in [6.07, 6.45) is 1.62. The van der Waals surface area contributed by atoms with Crippen molar-refractivity contribution < 1.29 is 9.53 Å². The number of benzene rings is 1. The van der Waals surface area contributed by atoms with Gasteiger partial charge in [0.2, 0.25) is 0 Å². The summed E-state index contributed by atoms with van der Waals surface area (Å²) >= 11 is 6.67. The summed E-state index contributed by atoms with van der Waals surface area (Å²) in [4.78, 5) is 16.2. The van der Waals surface area contributed by atoms with Crippen molar-refractivity contribution in [1.29, 1.82) is 0 Å². The lowest BCUT2D eigenvalue weighted by atomic mass is 10.2. The normalized spacial score (nSPS) is 10.1. The van der Waals surface area contributed by atoms with Gasteiger partial charge in [0.05, 0.1) is 16.1 Å². The monoisotopic (exact) mass is 384 g/mol. The average molecular weight is 386 g/mol. The van der Waals surface area contributed by atoms with Crippen LogP contribution in [0.15, 0.2) is 45.5 Å². The highest BCUT2D eigenvalue weighted by molar-refractivity contribution is 9.11. The van der Waals surface area contributed by atoms with Gasteiger partial charge in [0.1, 0.15) is 11.6 Å². The molecule has 2 rings (SSSR count). The van der Waals surface area contributed by atoms with Crippen molar-refractivity contribution in [2.45, 2.75) is 0 Å². The zero-order chi connectivity index (χ0) is 13.8. The molecular formula is C13H10Br2N2O2. The fourth-order valence-corrected chi connectivity index (χ4v) is 2.36. The summed E-state index contributed by atoms with van der Waals surface area (Å²) in [7, 11) is 1.57. The van der Waals surface area contributed by atoms with Gasteiger partial charge in [-0.15, -0.1) is 0 Å². The molecule has 1 heterocycles. The SMILES string of the molecule is COc1ccc(C(=O)Nc2ncccc2Br)cc1Br. The molecule has 1 amide bonds. The molecule has 0 radical (unpaired) electrons. The summed E-state index contributed by atoms with van der Waals surface area (Å²) in [5.41, 5.74) is 0.519. The topological polar surface area (TPSA) is 51.2 Å². The minimum Gasteiger partial charge on any atom is -0.496 e. The molecule has 0 fully saturated rings.